The summed E-state index contributed by atoms with van der Waals surface area (Å²) in [5, 5.41) is 9.88. The van der Waals surface area contributed by atoms with E-state index in [1.807, 2.05) is 6.92 Å². The van der Waals surface area contributed by atoms with E-state index in [-0.39, 0.29) is 5.34 Å². The van der Waals surface area contributed by atoms with E-state index < -0.39 is 0 Å². The zero-order valence-electron chi connectivity index (χ0n) is 5.23. The molecule has 1 atom stereocenters. The molecule has 0 fully saturated rings. The van der Waals surface area contributed by atoms with E-state index in [4.69, 9.17) is 0 Å². The SMILES string of the molecule is CCCO[NH+]([O-])NC. The summed E-state index contributed by atoms with van der Waals surface area (Å²) in [4.78, 5) is 4.59. The second kappa shape index (κ2) is 4.99. The van der Waals surface area contributed by atoms with Gasteiger partial charge in [0.15, 0.2) is 0 Å². The van der Waals surface area contributed by atoms with Crippen molar-refractivity contribution >= 4 is 0 Å². The third kappa shape index (κ3) is 4.01. The molecule has 0 aliphatic heterocycles. The number of rotatable bonds is 4. The summed E-state index contributed by atoms with van der Waals surface area (Å²) in [5.74, 6) is 0. The van der Waals surface area contributed by atoms with Crippen LogP contribution in [0.1, 0.15) is 13.3 Å². The molecule has 1 unspecified atom stereocenters. The third-order valence-corrected chi connectivity index (χ3v) is 0.641. The number of hydrogen-bond donors (Lipinski definition) is 2. The van der Waals surface area contributed by atoms with Gasteiger partial charge in [0.25, 0.3) is 0 Å². The Labute approximate surface area is 48.9 Å². The van der Waals surface area contributed by atoms with E-state index in [0.29, 0.717) is 6.61 Å². The van der Waals surface area contributed by atoms with Gasteiger partial charge in [-0.05, 0) is 6.42 Å². The molecule has 0 aromatic rings. The molecule has 0 heterocycles. The van der Waals surface area contributed by atoms with Crippen molar-refractivity contribution in [2.45, 2.75) is 13.3 Å². The van der Waals surface area contributed by atoms with E-state index in [2.05, 4.69) is 10.3 Å². The zero-order valence-corrected chi connectivity index (χ0v) is 5.23. The Kier molecular flexibility index (Phi) is 4.89. The minimum atomic E-state index is -0.355. The molecule has 0 bridgehead atoms. The number of quaternary nitrogens is 1. The fourth-order valence-corrected chi connectivity index (χ4v) is 0.267. The molecule has 0 saturated carbocycles. The summed E-state index contributed by atoms with van der Waals surface area (Å²) in [7, 11) is 1.54. The van der Waals surface area contributed by atoms with Crippen molar-refractivity contribution in [1.82, 2.24) is 5.43 Å². The molecule has 0 radical (unpaired) electrons. The average Bonchev–Trinajstić information content (AvgIpc) is 1.83. The Bertz CT molecular complexity index is 51.3. The summed E-state index contributed by atoms with van der Waals surface area (Å²) in [5.41, 5.74) is 2.34. The van der Waals surface area contributed by atoms with Gasteiger partial charge in [-0.15, -0.1) is 10.8 Å². The van der Waals surface area contributed by atoms with Gasteiger partial charge in [-0.25, -0.2) is 0 Å². The van der Waals surface area contributed by atoms with Crippen molar-refractivity contribution in [3.8, 4) is 0 Å². The molecule has 0 rings (SSSR count). The van der Waals surface area contributed by atoms with Crippen LogP contribution in [0.2, 0.25) is 0 Å². The van der Waals surface area contributed by atoms with Crippen molar-refractivity contribution < 1.29 is 10.2 Å². The Morgan fingerprint density at radius 1 is 1.75 bits per heavy atom. The normalized spacial score (nSPS) is 13.9. The molecule has 0 aromatic carbocycles. The third-order valence-electron chi connectivity index (χ3n) is 0.641. The largest absolute Gasteiger partial charge is 0.579 e. The fraction of sp³-hybridized carbons (Fsp3) is 1.00. The van der Waals surface area contributed by atoms with Crippen LogP contribution < -0.4 is 10.8 Å². The standard InChI is InChI=1S/C4H12N2O2/c1-3-4-8-6(7)5-2/h5-6H,3-4H2,1-2H3. The summed E-state index contributed by atoms with van der Waals surface area (Å²) in [6.45, 7) is 2.45. The van der Waals surface area contributed by atoms with E-state index in [1.165, 1.54) is 7.05 Å². The van der Waals surface area contributed by atoms with Crippen molar-refractivity contribution in [2.24, 2.45) is 0 Å². The van der Waals surface area contributed by atoms with Gasteiger partial charge in [0.1, 0.15) is 6.61 Å². The van der Waals surface area contributed by atoms with E-state index in [9.17, 15) is 5.21 Å². The monoisotopic (exact) mass is 120 g/mol. The topological polar surface area (TPSA) is 48.8 Å². The van der Waals surface area contributed by atoms with Crippen LogP contribution in [0.15, 0.2) is 0 Å². The first-order valence-corrected chi connectivity index (χ1v) is 2.65. The van der Waals surface area contributed by atoms with Crippen molar-refractivity contribution in [2.75, 3.05) is 13.7 Å². The van der Waals surface area contributed by atoms with Gasteiger partial charge in [-0.1, -0.05) is 6.92 Å². The quantitative estimate of drug-likeness (QED) is 0.460. The van der Waals surface area contributed by atoms with Gasteiger partial charge in [0.05, 0.1) is 0 Å². The molecular weight excluding hydrogens is 108 g/mol. The van der Waals surface area contributed by atoms with Gasteiger partial charge >= 0.3 is 0 Å². The zero-order chi connectivity index (χ0) is 6.41. The van der Waals surface area contributed by atoms with Gasteiger partial charge < -0.3 is 5.21 Å². The summed E-state index contributed by atoms with van der Waals surface area (Å²) >= 11 is 0. The minimum Gasteiger partial charge on any atom is -0.579 e. The fourth-order valence-electron chi connectivity index (χ4n) is 0.267. The van der Waals surface area contributed by atoms with Crippen LogP contribution in [-0.2, 0) is 4.84 Å². The molecule has 0 aliphatic carbocycles. The molecule has 0 aromatic heterocycles. The summed E-state index contributed by atoms with van der Waals surface area (Å²) in [6, 6.07) is 0. The molecule has 0 aliphatic rings. The number of nitrogens with one attached hydrogen (secondary N) is 2. The lowest BCUT2D eigenvalue weighted by atomic mass is 10.5. The van der Waals surface area contributed by atoms with Crippen LogP contribution in [0.4, 0.5) is 0 Å². The van der Waals surface area contributed by atoms with Crippen LogP contribution in [0.5, 0.6) is 0 Å². The second-order valence-electron chi connectivity index (χ2n) is 1.39. The summed E-state index contributed by atoms with van der Waals surface area (Å²) in [6.07, 6.45) is 0.868. The van der Waals surface area contributed by atoms with Crippen LogP contribution >= 0.6 is 0 Å². The van der Waals surface area contributed by atoms with Crippen LogP contribution in [0.3, 0.4) is 0 Å². The Balaban J connectivity index is 2.86. The van der Waals surface area contributed by atoms with Gasteiger partial charge in [0.2, 0.25) is 0 Å². The lowest BCUT2D eigenvalue weighted by Gasteiger charge is -2.15. The van der Waals surface area contributed by atoms with Gasteiger partial charge in [-0.3, -0.25) is 0 Å². The molecule has 0 saturated heterocycles. The van der Waals surface area contributed by atoms with Crippen LogP contribution in [0.25, 0.3) is 0 Å². The molecule has 4 heteroatoms. The molecule has 0 spiro atoms. The first-order valence-electron chi connectivity index (χ1n) is 2.65. The Hall–Kier alpha value is -0.160. The van der Waals surface area contributed by atoms with Gasteiger partial charge in [-0.2, -0.15) is 4.84 Å². The first kappa shape index (κ1) is 7.84. The number of hydrogen-bond acceptors (Lipinski definition) is 3. The summed E-state index contributed by atoms with van der Waals surface area (Å²) < 4.78 is 0. The molecule has 50 valence electrons. The van der Waals surface area contributed by atoms with Crippen molar-refractivity contribution in [1.29, 1.82) is 0 Å². The highest BCUT2D eigenvalue weighted by molar-refractivity contribution is 4.13. The van der Waals surface area contributed by atoms with E-state index >= 15 is 0 Å². The Morgan fingerprint density at radius 2 is 2.38 bits per heavy atom. The first-order chi connectivity index (χ1) is 3.81. The lowest BCUT2D eigenvalue weighted by molar-refractivity contribution is -1.09. The second-order valence-corrected chi connectivity index (χ2v) is 1.39. The maximum atomic E-state index is 10.2. The van der Waals surface area contributed by atoms with E-state index in [1.54, 1.807) is 0 Å². The highest BCUT2D eigenvalue weighted by atomic mass is 16.9. The lowest BCUT2D eigenvalue weighted by Crippen LogP contribution is -3.12. The maximum Gasteiger partial charge on any atom is 0.109 e. The Morgan fingerprint density at radius 3 is 2.75 bits per heavy atom. The molecule has 2 N–H and O–H groups in total. The maximum absolute atomic E-state index is 10.2. The van der Waals surface area contributed by atoms with Crippen molar-refractivity contribution in [3.05, 3.63) is 5.21 Å². The minimum absolute atomic E-state index is 0.355. The highest BCUT2D eigenvalue weighted by Crippen LogP contribution is 1.68. The average molecular weight is 120 g/mol. The van der Waals surface area contributed by atoms with Crippen LogP contribution in [0, 0.1) is 5.21 Å². The smallest absolute Gasteiger partial charge is 0.109 e. The van der Waals surface area contributed by atoms with Crippen molar-refractivity contribution in [3.63, 3.8) is 0 Å². The van der Waals surface area contributed by atoms with E-state index in [0.717, 1.165) is 6.42 Å². The van der Waals surface area contributed by atoms with Crippen LogP contribution in [-0.4, -0.2) is 13.7 Å². The molecule has 0 amide bonds. The molecular formula is C4H12N2O2. The van der Waals surface area contributed by atoms with Gasteiger partial charge in [0, 0.05) is 7.05 Å². The molecule has 4 nitrogen and oxygen atoms in total. The highest BCUT2D eigenvalue weighted by Gasteiger charge is 1.87. The predicted octanol–water partition coefficient (Wildman–Crippen LogP) is -1.15. The predicted molar refractivity (Wildman–Crippen MR) is 29.6 cm³/mol. The molecule has 8 heavy (non-hydrogen) atoms.